The second-order valence-electron chi connectivity index (χ2n) is 5.35. The van der Waals surface area contributed by atoms with Crippen molar-refractivity contribution in [3.63, 3.8) is 0 Å². The zero-order chi connectivity index (χ0) is 14.0. The third-order valence-electron chi connectivity index (χ3n) is 3.56. The molecule has 1 aliphatic heterocycles. The Morgan fingerprint density at radius 1 is 1.37 bits per heavy atom. The van der Waals surface area contributed by atoms with Gasteiger partial charge in [-0.05, 0) is 45.0 Å². The molecule has 1 heterocycles. The lowest BCUT2D eigenvalue weighted by atomic mass is 9.96. The molecule has 1 aliphatic rings. The molecule has 0 spiro atoms. The Labute approximate surface area is 112 Å². The first kappa shape index (κ1) is 13.5. The summed E-state index contributed by atoms with van der Waals surface area (Å²) in [5.41, 5.74) is 0.360. The number of amides is 1. The zero-order valence-electron chi connectivity index (χ0n) is 11.1. The van der Waals surface area contributed by atoms with Crippen molar-refractivity contribution < 1.29 is 14.7 Å². The van der Waals surface area contributed by atoms with Crippen LogP contribution in [0.5, 0.6) is 0 Å². The van der Waals surface area contributed by atoms with Crippen LogP contribution < -0.4 is 10.6 Å². The van der Waals surface area contributed by atoms with Crippen LogP contribution in [-0.2, 0) is 0 Å². The van der Waals surface area contributed by atoms with Gasteiger partial charge in [0, 0.05) is 17.1 Å². The van der Waals surface area contributed by atoms with Gasteiger partial charge in [0.25, 0.3) is 5.91 Å². The summed E-state index contributed by atoms with van der Waals surface area (Å²) in [4.78, 5) is 23.0. The largest absolute Gasteiger partial charge is 0.478 e. The van der Waals surface area contributed by atoms with Gasteiger partial charge in [-0.1, -0.05) is 6.07 Å². The fourth-order valence-electron chi connectivity index (χ4n) is 2.31. The molecule has 1 aromatic rings. The molecule has 0 radical (unpaired) electrons. The summed E-state index contributed by atoms with van der Waals surface area (Å²) in [6.07, 6.45) is 0.872. The summed E-state index contributed by atoms with van der Waals surface area (Å²) in [5.74, 6) is -1.26. The highest BCUT2D eigenvalue weighted by molar-refractivity contribution is 5.97. The second kappa shape index (κ2) is 5.01. The molecule has 0 aromatic heterocycles. The second-order valence-corrected chi connectivity index (χ2v) is 5.35. The van der Waals surface area contributed by atoms with Gasteiger partial charge in [0.2, 0.25) is 0 Å². The van der Waals surface area contributed by atoms with Crippen molar-refractivity contribution >= 4 is 11.9 Å². The monoisotopic (exact) mass is 262 g/mol. The molecule has 0 aliphatic carbocycles. The minimum absolute atomic E-state index is 0.0495. The van der Waals surface area contributed by atoms with E-state index in [0.29, 0.717) is 5.56 Å². The lowest BCUT2D eigenvalue weighted by Gasteiger charge is -2.27. The van der Waals surface area contributed by atoms with Gasteiger partial charge in [0.15, 0.2) is 0 Å². The maximum absolute atomic E-state index is 12.1. The molecule has 5 heteroatoms. The van der Waals surface area contributed by atoms with Gasteiger partial charge in [-0.25, -0.2) is 4.79 Å². The quantitative estimate of drug-likeness (QED) is 0.766. The van der Waals surface area contributed by atoms with Gasteiger partial charge in [-0.15, -0.1) is 0 Å². The SMILES string of the molecule is CC1(C)NCCC1NC(=O)c1cccc(C(=O)O)c1. The topological polar surface area (TPSA) is 78.4 Å². The van der Waals surface area contributed by atoms with E-state index in [2.05, 4.69) is 10.6 Å². The van der Waals surface area contributed by atoms with E-state index < -0.39 is 5.97 Å². The van der Waals surface area contributed by atoms with E-state index in [1.54, 1.807) is 12.1 Å². The third-order valence-corrected chi connectivity index (χ3v) is 3.56. The molecule has 5 nitrogen and oxygen atoms in total. The molecule has 1 aromatic carbocycles. The number of aromatic carboxylic acids is 1. The lowest BCUT2D eigenvalue weighted by Crippen LogP contribution is -2.50. The normalized spacial score (nSPS) is 21.1. The van der Waals surface area contributed by atoms with Crippen LogP contribution in [0.1, 0.15) is 41.0 Å². The highest BCUT2D eigenvalue weighted by Crippen LogP contribution is 2.19. The van der Waals surface area contributed by atoms with E-state index in [9.17, 15) is 9.59 Å². The predicted molar refractivity (Wildman–Crippen MR) is 71.4 cm³/mol. The molecule has 1 atom stereocenters. The minimum Gasteiger partial charge on any atom is -0.478 e. The number of carbonyl (C=O) groups excluding carboxylic acids is 1. The lowest BCUT2D eigenvalue weighted by molar-refractivity contribution is 0.0697. The first-order chi connectivity index (χ1) is 8.90. The van der Waals surface area contributed by atoms with Crippen LogP contribution in [0.3, 0.4) is 0 Å². The zero-order valence-corrected chi connectivity index (χ0v) is 11.1. The number of nitrogens with one attached hydrogen (secondary N) is 2. The molecule has 1 saturated heterocycles. The average molecular weight is 262 g/mol. The van der Waals surface area contributed by atoms with Crippen LogP contribution in [0.4, 0.5) is 0 Å². The molecule has 1 unspecified atom stereocenters. The first-order valence-corrected chi connectivity index (χ1v) is 6.29. The summed E-state index contributed by atoms with van der Waals surface area (Å²) in [7, 11) is 0. The molecule has 2 rings (SSSR count). The van der Waals surface area contributed by atoms with Gasteiger partial charge in [0.1, 0.15) is 0 Å². The van der Waals surface area contributed by atoms with Gasteiger partial charge in [-0.2, -0.15) is 0 Å². The Morgan fingerprint density at radius 2 is 2.05 bits per heavy atom. The van der Waals surface area contributed by atoms with E-state index >= 15 is 0 Å². The maximum Gasteiger partial charge on any atom is 0.335 e. The van der Waals surface area contributed by atoms with E-state index in [1.165, 1.54) is 12.1 Å². The third kappa shape index (κ3) is 2.93. The highest BCUT2D eigenvalue weighted by Gasteiger charge is 2.35. The summed E-state index contributed by atoms with van der Waals surface area (Å²) >= 11 is 0. The molecule has 3 N–H and O–H groups in total. The van der Waals surface area contributed by atoms with E-state index in [0.717, 1.165) is 13.0 Å². The Morgan fingerprint density at radius 3 is 2.63 bits per heavy atom. The molecule has 0 bridgehead atoms. The van der Waals surface area contributed by atoms with Crippen LogP contribution in [0.15, 0.2) is 24.3 Å². The first-order valence-electron chi connectivity index (χ1n) is 6.29. The van der Waals surface area contributed by atoms with E-state index in [-0.39, 0.29) is 23.1 Å². The van der Waals surface area contributed by atoms with Gasteiger partial charge < -0.3 is 15.7 Å². The number of hydrogen-bond donors (Lipinski definition) is 3. The Balaban J connectivity index is 2.12. The van der Waals surface area contributed by atoms with Gasteiger partial charge in [0.05, 0.1) is 5.56 Å². The smallest absolute Gasteiger partial charge is 0.335 e. The van der Waals surface area contributed by atoms with Crippen LogP contribution in [0.25, 0.3) is 0 Å². The fourth-order valence-corrected chi connectivity index (χ4v) is 2.31. The number of rotatable bonds is 3. The molecule has 102 valence electrons. The number of hydrogen-bond acceptors (Lipinski definition) is 3. The van der Waals surface area contributed by atoms with Crippen LogP contribution in [0, 0.1) is 0 Å². The Kier molecular flexibility index (Phi) is 3.57. The van der Waals surface area contributed by atoms with Crippen LogP contribution in [0.2, 0.25) is 0 Å². The number of benzene rings is 1. The summed E-state index contributed by atoms with van der Waals surface area (Å²) in [6, 6.07) is 6.12. The summed E-state index contributed by atoms with van der Waals surface area (Å²) < 4.78 is 0. The van der Waals surface area contributed by atoms with Crippen molar-refractivity contribution in [2.45, 2.75) is 31.8 Å². The van der Waals surface area contributed by atoms with Crippen molar-refractivity contribution in [1.82, 2.24) is 10.6 Å². The Hall–Kier alpha value is -1.88. The molecule has 1 fully saturated rings. The van der Waals surface area contributed by atoms with Crippen molar-refractivity contribution in [2.24, 2.45) is 0 Å². The minimum atomic E-state index is -1.03. The van der Waals surface area contributed by atoms with E-state index in [1.807, 2.05) is 13.8 Å². The molecule has 0 saturated carbocycles. The number of carboxylic acid groups (broad SMARTS) is 1. The molecular weight excluding hydrogens is 244 g/mol. The summed E-state index contributed by atoms with van der Waals surface area (Å²) in [6.45, 7) is 4.95. The predicted octanol–water partition coefficient (Wildman–Crippen LogP) is 1.26. The van der Waals surface area contributed by atoms with Crippen LogP contribution in [-0.4, -0.2) is 35.1 Å². The van der Waals surface area contributed by atoms with Crippen molar-refractivity contribution in [1.29, 1.82) is 0 Å². The fraction of sp³-hybridized carbons (Fsp3) is 0.429. The molecular formula is C14H18N2O3. The standard InChI is InChI=1S/C14H18N2O3/c1-14(2)11(6-7-15-14)16-12(17)9-4-3-5-10(8-9)13(18)19/h3-5,8,11,15H,6-7H2,1-2H3,(H,16,17)(H,18,19). The number of carboxylic acids is 1. The maximum atomic E-state index is 12.1. The van der Waals surface area contributed by atoms with Gasteiger partial charge >= 0.3 is 5.97 Å². The molecule has 19 heavy (non-hydrogen) atoms. The Bertz CT molecular complexity index is 511. The van der Waals surface area contributed by atoms with Crippen LogP contribution >= 0.6 is 0 Å². The summed E-state index contributed by atoms with van der Waals surface area (Å²) in [5, 5.41) is 15.2. The molecule has 1 amide bonds. The highest BCUT2D eigenvalue weighted by atomic mass is 16.4. The van der Waals surface area contributed by atoms with Crippen molar-refractivity contribution in [2.75, 3.05) is 6.54 Å². The van der Waals surface area contributed by atoms with E-state index in [4.69, 9.17) is 5.11 Å². The average Bonchev–Trinajstić information content (AvgIpc) is 2.69. The van der Waals surface area contributed by atoms with Crippen molar-refractivity contribution in [3.8, 4) is 0 Å². The van der Waals surface area contributed by atoms with Crippen molar-refractivity contribution in [3.05, 3.63) is 35.4 Å². The van der Waals surface area contributed by atoms with Gasteiger partial charge in [-0.3, -0.25) is 4.79 Å². The number of carbonyl (C=O) groups is 2.